The molecule has 1 N–H and O–H groups in total. The number of morpholine rings is 1. The van der Waals surface area contributed by atoms with Crippen LogP contribution in [0.25, 0.3) is 0 Å². The summed E-state index contributed by atoms with van der Waals surface area (Å²) in [7, 11) is 0. The van der Waals surface area contributed by atoms with Gasteiger partial charge in [0.05, 0.1) is 23.8 Å². The fourth-order valence-electron chi connectivity index (χ4n) is 2.34. The van der Waals surface area contributed by atoms with Crippen LogP contribution < -0.4 is 5.32 Å². The molecule has 1 fully saturated rings. The van der Waals surface area contributed by atoms with Crippen LogP contribution in [0.2, 0.25) is 5.02 Å². The van der Waals surface area contributed by atoms with E-state index in [2.05, 4.69) is 40.0 Å². The van der Waals surface area contributed by atoms with Crippen LogP contribution in [0.15, 0.2) is 22.7 Å². The zero-order chi connectivity index (χ0) is 15.5. The average molecular weight is 376 g/mol. The number of nitrogens with one attached hydrogen (secondary N) is 1. The smallest absolute Gasteiger partial charge is 0.252 e. The Morgan fingerprint density at radius 1 is 1.43 bits per heavy atom. The van der Waals surface area contributed by atoms with Crippen molar-refractivity contribution in [3.8, 4) is 0 Å². The molecule has 116 valence electrons. The van der Waals surface area contributed by atoms with E-state index in [-0.39, 0.29) is 11.4 Å². The normalized spacial score (nSPS) is 16.8. The zero-order valence-electron chi connectivity index (χ0n) is 12.3. The van der Waals surface area contributed by atoms with E-state index in [1.807, 2.05) is 6.07 Å². The van der Waals surface area contributed by atoms with E-state index in [9.17, 15) is 4.79 Å². The summed E-state index contributed by atoms with van der Waals surface area (Å²) >= 11 is 9.44. The second kappa shape index (κ2) is 7.09. The Balaban J connectivity index is 1.98. The first-order valence-corrected chi connectivity index (χ1v) is 8.13. The summed E-state index contributed by atoms with van der Waals surface area (Å²) in [6.07, 6.45) is 0. The van der Waals surface area contributed by atoms with Crippen molar-refractivity contribution in [1.29, 1.82) is 0 Å². The number of rotatable bonds is 4. The molecule has 1 aliphatic rings. The third-order valence-corrected chi connectivity index (χ3v) is 4.54. The summed E-state index contributed by atoms with van der Waals surface area (Å²) < 4.78 is 6.20. The van der Waals surface area contributed by atoms with Crippen LogP contribution in [0.5, 0.6) is 0 Å². The van der Waals surface area contributed by atoms with Gasteiger partial charge >= 0.3 is 0 Å². The van der Waals surface area contributed by atoms with Gasteiger partial charge in [0.25, 0.3) is 5.91 Å². The van der Waals surface area contributed by atoms with Gasteiger partial charge in [-0.25, -0.2) is 0 Å². The minimum absolute atomic E-state index is 0.113. The van der Waals surface area contributed by atoms with E-state index in [1.165, 1.54) is 0 Å². The first kappa shape index (κ1) is 16.7. The molecule has 4 nitrogen and oxygen atoms in total. The Kier molecular flexibility index (Phi) is 5.66. The zero-order valence-corrected chi connectivity index (χ0v) is 14.6. The van der Waals surface area contributed by atoms with Crippen molar-refractivity contribution < 1.29 is 9.53 Å². The number of hydrogen-bond acceptors (Lipinski definition) is 3. The van der Waals surface area contributed by atoms with E-state index in [4.69, 9.17) is 16.3 Å². The molecule has 2 rings (SSSR count). The molecule has 6 heteroatoms. The lowest BCUT2D eigenvalue weighted by molar-refractivity contribution is -0.00923. The Morgan fingerprint density at radius 3 is 2.76 bits per heavy atom. The number of nitrogens with zero attached hydrogens (tertiary/aromatic N) is 1. The van der Waals surface area contributed by atoms with E-state index in [0.717, 1.165) is 30.8 Å². The first-order chi connectivity index (χ1) is 9.90. The van der Waals surface area contributed by atoms with Gasteiger partial charge in [0.1, 0.15) is 0 Å². The van der Waals surface area contributed by atoms with Crippen molar-refractivity contribution in [2.45, 2.75) is 19.4 Å². The van der Waals surface area contributed by atoms with Gasteiger partial charge in [-0.2, -0.15) is 0 Å². The molecule has 0 saturated carbocycles. The van der Waals surface area contributed by atoms with E-state index >= 15 is 0 Å². The van der Waals surface area contributed by atoms with Gasteiger partial charge in [0.2, 0.25) is 0 Å². The maximum absolute atomic E-state index is 12.3. The van der Waals surface area contributed by atoms with Crippen LogP contribution in [-0.4, -0.2) is 49.2 Å². The van der Waals surface area contributed by atoms with Crippen molar-refractivity contribution in [3.05, 3.63) is 33.3 Å². The van der Waals surface area contributed by atoms with Crippen molar-refractivity contribution >= 4 is 33.4 Å². The summed E-state index contributed by atoms with van der Waals surface area (Å²) in [6, 6.07) is 5.27. The average Bonchev–Trinajstić information content (AvgIpc) is 2.48. The van der Waals surface area contributed by atoms with Gasteiger partial charge in [0.15, 0.2) is 0 Å². The third kappa shape index (κ3) is 4.42. The predicted octanol–water partition coefficient (Wildman–Crippen LogP) is 2.94. The summed E-state index contributed by atoms with van der Waals surface area (Å²) in [5, 5.41) is 3.44. The van der Waals surface area contributed by atoms with Crippen LogP contribution >= 0.6 is 27.5 Å². The topological polar surface area (TPSA) is 41.6 Å². The molecule has 0 spiro atoms. The largest absolute Gasteiger partial charge is 0.379 e. The Labute approximate surface area is 138 Å². The molecule has 1 aromatic carbocycles. The second-order valence-electron chi connectivity index (χ2n) is 5.72. The number of halogens is 2. The molecule has 1 amide bonds. The van der Waals surface area contributed by atoms with Gasteiger partial charge < -0.3 is 10.1 Å². The molecule has 1 heterocycles. The molecular weight excluding hydrogens is 356 g/mol. The van der Waals surface area contributed by atoms with E-state index < -0.39 is 0 Å². The maximum atomic E-state index is 12.3. The molecule has 0 aliphatic carbocycles. The maximum Gasteiger partial charge on any atom is 0.252 e. The number of ether oxygens (including phenoxy) is 1. The Bertz CT molecular complexity index is 516. The molecule has 0 radical (unpaired) electrons. The van der Waals surface area contributed by atoms with Crippen molar-refractivity contribution in [3.63, 3.8) is 0 Å². The van der Waals surface area contributed by atoms with Gasteiger partial charge in [-0.1, -0.05) is 27.5 Å². The molecule has 21 heavy (non-hydrogen) atoms. The van der Waals surface area contributed by atoms with Crippen LogP contribution in [0.3, 0.4) is 0 Å². The number of benzene rings is 1. The molecular formula is C15H20BrClN2O2. The monoisotopic (exact) mass is 374 g/mol. The molecule has 0 unspecified atom stereocenters. The van der Waals surface area contributed by atoms with Crippen LogP contribution in [0.4, 0.5) is 0 Å². The van der Waals surface area contributed by atoms with Gasteiger partial charge in [-0.3, -0.25) is 9.69 Å². The van der Waals surface area contributed by atoms with Crippen LogP contribution in [0.1, 0.15) is 24.2 Å². The highest BCUT2D eigenvalue weighted by molar-refractivity contribution is 9.10. The van der Waals surface area contributed by atoms with Gasteiger partial charge in [-0.05, 0) is 32.0 Å². The van der Waals surface area contributed by atoms with Crippen molar-refractivity contribution in [2.75, 3.05) is 32.8 Å². The number of carbonyl (C=O) groups excluding carboxylic acids is 1. The molecule has 0 bridgehead atoms. The highest BCUT2D eigenvalue weighted by Gasteiger charge is 2.28. The fourth-order valence-corrected chi connectivity index (χ4v) is 2.91. The number of carbonyl (C=O) groups is 1. The fraction of sp³-hybridized carbons (Fsp3) is 0.533. The third-order valence-electron chi connectivity index (χ3n) is 3.72. The summed E-state index contributed by atoms with van der Waals surface area (Å²) in [6.45, 7) is 8.08. The number of amides is 1. The SMILES string of the molecule is CC(C)(CNC(=O)c1cc(Br)ccc1Cl)N1CCOCC1. The van der Waals surface area contributed by atoms with Crippen molar-refractivity contribution in [1.82, 2.24) is 10.2 Å². The van der Waals surface area contributed by atoms with Crippen LogP contribution in [0, 0.1) is 0 Å². The molecule has 1 saturated heterocycles. The lowest BCUT2D eigenvalue weighted by Gasteiger charge is -2.40. The molecule has 0 aromatic heterocycles. The predicted molar refractivity (Wildman–Crippen MR) is 88.0 cm³/mol. The Morgan fingerprint density at radius 2 is 2.10 bits per heavy atom. The van der Waals surface area contributed by atoms with E-state index in [0.29, 0.717) is 17.1 Å². The van der Waals surface area contributed by atoms with Crippen LogP contribution in [-0.2, 0) is 4.74 Å². The first-order valence-electron chi connectivity index (χ1n) is 6.96. The lowest BCUT2D eigenvalue weighted by Crippen LogP contribution is -2.55. The lowest BCUT2D eigenvalue weighted by atomic mass is 10.0. The molecule has 1 aliphatic heterocycles. The highest BCUT2D eigenvalue weighted by atomic mass is 79.9. The van der Waals surface area contributed by atoms with Gasteiger partial charge in [-0.15, -0.1) is 0 Å². The quantitative estimate of drug-likeness (QED) is 0.880. The summed E-state index contributed by atoms with van der Waals surface area (Å²) in [4.78, 5) is 14.6. The van der Waals surface area contributed by atoms with E-state index in [1.54, 1.807) is 12.1 Å². The van der Waals surface area contributed by atoms with Gasteiger partial charge in [0, 0.05) is 29.6 Å². The highest BCUT2D eigenvalue weighted by Crippen LogP contribution is 2.21. The Hall–Kier alpha value is -0.620. The standard InChI is InChI=1S/C15H20BrClN2O2/c1-15(2,19-5-7-21-8-6-19)10-18-14(20)12-9-11(16)3-4-13(12)17/h3-4,9H,5-8,10H2,1-2H3,(H,18,20). The minimum atomic E-state index is -0.150. The minimum Gasteiger partial charge on any atom is -0.379 e. The molecule has 1 aromatic rings. The summed E-state index contributed by atoms with van der Waals surface area (Å²) in [5.41, 5.74) is 0.376. The second-order valence-corrected chi connectivity index (χ2v) is 7.04. The number of hydrogen-bond donors (Lipinski definition) is 1. The van der Waals surface area contributed by atoms with Crippen molar-refractivity contribution in [2.24, 2.45) is 0 Å². The molecule has 0 atom stereocenters. The summed E-state index contributed by atoms with van der Waals surface area (Å²) in [5.74, 6) is -0.150.